The smallest absolute Gasteiger partial charge is 0.269 e. The molecule has 0 saturated heterocycles. The van der Waals surface area contributed by atoms with Crippen molar-refractivity contribution < 1.29 is 14.8 Å². The number of halogens is 1. The molecule has 0 bridgehead atoms. The number of hydrogen-bond acceptors (Lipinski definition) is 5. The van der Waals surface area contributed by atoms with E-state index in [1.165, 1.54) is 17.8 Å². The first-order valence-electron chi connectivity index (χ1n) is 7.97. The second kappa shape index (κ2) is 8.28. The molecule has 8 heteroatoms. The highest BCUT2D eigenvalue weighted by Crippen LogP contribution is 2.33. The second-order valence-electron chi connectivity index (χ2n) is 5.71. The van der Waals surface area contributed by atoms with E-state index in [0.717, 1.165) is 27.8 Å². The van der Waals surface area contributed by atoms with Crippen molar-refractivity contribution in [3.05, 3.63) is 75.3 Å². The fourth-order valence-electron chi connectivity index (χ4n) is 2.59. The monoisotopic (exact) mass is 401 g/mol. The molecule has 0 aliphatic carbocycles. The van der Waals surface area contributed by atoms with Gasteiger partial charge in [0.1, 0.15) is 0 Å². The Balaban J connectivity index is 1.65. The normalized spacial score (nSPS) is 10.7. The number of amides is 1. The van der Waals surface area contributed by atoms with E-state index in [1.54, 1.807) is 6.07 Å². The fraction of sp³-hybridized carbons (Fsp3) is 0.105. The first-order valence-corrected chi connectivity index (χ1v) is 9.33. The van der Waals surface area contributed by atoms with Crippen molar-refractivity contribution >= 4 is 45.7 Å². The van der Waals surface area contributed by atoms with Gasteiger partial charge in [-0.2, -0.15) is 0 Å². The number of non-ortho nitro benzene ring substituents is 1. The maximum atomic E-state index is 12.1. The van der Waals surface area contributed by atoms with Gasteiger partial charge in [0.2, 0.25) is 5.91 Å². The molecule has 0 aliphatic heterocycles. The molecule has 0 atom stereocenters. The summed E-state index contributed by atoms with van der Waals surface area (Å²) in [5, 5.41) is 27.7. The molecule has 3 rings (SSSR count). The molecule has 0 aliphatic rings. The molecule has 0 radical (unpaired) electrons. The van der Waals surface area contributed by atoms with Crippen LogP contribution in [0.15, 0.2) is 59.5 Å². The Kier molecular flexibility index (Phi) is 5.83. The van der Waals surface area contributed by atoms with Crippen LogP contribution in [0.4, 0.5) is 5.69 Å². The minimum Gasteiger partial charge on any atom is -0.872 e. The van der Waals surface area contributed by atoms with Crippen LogP contribution in [-0.4, -0.2) is 16.6 Å². The second-order valence-corrected chi connectivity index (χ2v) is 7.13. The maximum absolute atomic E-state index is 12.1. The third kappa shape index (κ3) is 4.50. The van der Waals surface area contributed by atoms with Crippen molar-refractivity contribution in [3.63, 3.8) is 0 Å². The number of fused-ring (bicyclic) bond motifs is 1. The number of thioether (sulfide) groups is 1. The van der Waals surface area contributed by atoms with Gasteiger partial charge in [-0.1, -0.05) is 41.9 Å². The van der Waals surface area contributed by atoms with Gasteiger partial charge in [0.15, 0.2) is 0 Å². The van der Waals surface area contributed by atoms with Crippen molar-refractivity contribution in [3.8, 4) is 5.75 Å². The summed E-state index contributed by atoms with van der Waals surface area (Å²) in [6, 6.07) is 14.8. The van der Waals surface area contributed by atoms with Gasteiger partial charge in [0.25, 0.3) is 5.69 Å². The molecule has 1 amide bonds. The summed E-state index contributed by atoms with van der Waals surface area (Å²) in [6.45, 7) is -0.0593. The van der Waals surface area contributed by atoms with Crippen molar-refractivity contribution in [2.45, 2.75) is 11.4 Å². The Morgan fingerprint density at radius 3 is 2.63 bits per heavy atom. The lowest BCUT2D eigenvalue weighted by Gasteiger charge is -2.14. The zero-order valence-corrected chi connectivity index (χ0v) is 15.5. The van der Waals surface area contributed by atoms with Crippen LogP contribution in [0, 0.1) is 10.1 Å². The highest BCUT2D eigenvalue weighted by Gasteiger charge is 2.10. The van der Waals surface area contributed by atoms with Gasteiger partial charge < -0.3 is 10.4 Å². The van der Waals surface area contributed by atoms with E-state index in [2.05, 4.69) is 5.32 Å². The largest absolute Gasteiger partial charge is 0.872 e. The average Bonchev–Trinajstić information content (AvgIpc) is 2.65. The van der Waals surface area contributed by atoms with Crippen LogP contribution in [-0.2, 0) is 11.3 Å². The summed E-state index contributed by atoms with van der Waals surface area (Å²) in [6.07, 6.45) is 0. The van der Waals surface area contributed by atoms with Gasteiger partial charge in [-0.25, -0.2) is 0 Å². The predicted molar refractivity (Wildman–Crippen MR) is 104 cm³/mol. The van der Waals surface area contributed by atoms with E-state index >= 15 is 0 Å². The third-order valence-electron chi connectivity index (χ3n) is 3.91. The van der Waals surface area contributed by atoms with E-state index in [0.29, 0.717) is 5.02 Å². The van der Waals surface area contributed by atoms with Crippen LogP contribution in [0.5, 0.6) is 5.75 Å². The first-order chi connectivity index (χ1) is 13.0. The zero-order valence-electron chi connectivity index (χ0n) is 14.0. The molecule has 27 heavy (non-hydrogen) atoms. The van der Waals surface area contributed by atoms with E-state index < -0.39 is 4.92 Å². The number of nitrogens with one attached hydrogen (secondary N) is 1. The van der Waals surface area contributed by atoms with Crippen molar-refractivity contribution in [2.75, 3.05) is 5.75 Å². The maximum Gasteiger partial charge on any atom is 0.269 e. The standard InChI is InChI=1S/C19H15ClN2O4S/c20-15-5-1-3-12-4-2-6-17(19(12)15)27-11-18(24)21-10-13-9-14(22(25)26)7-8-16(13)23/h1-9,23H,10-11H2,(H,21,24)/p-1. The topological polar surface area (TPSA) is 95.3 Å². The minimum atomic E-state index is -0.579. The summed E-state index contributed by atoms with van der Waals surface area (Å²) in [7, 11) is 0. The van der Waals surface area contributed by atoms with Gasteiger partial charge in [-0.3, -0.25) is 14.9 Å². The first kappa shape index (κ1) is 19.0. The molecule has 0 aromatic heterocycles. The van der Waals surface area contributed by atoms with Gasteiger partial charge in [-0.15, -0.1) is 17.5 Å². The Hall–Kier alpha value is -2.77. The van der Waals surface area contributed by atoms with Crippen molar-refractivity contribution in [1.29, 1.82) is 0 Å². The Bertz CT molecular complexity index is 1020. The highest BCUT2D eigenvalue weighted by atomic mass is 35.5. The number of nitro groups is 1. The molecule has 0 heterocycles. The summed E-state index contributed by atoms with van der Waals surface area (Å²) < 4.78 is 0. The highest BCUT2D eigenvalue weighted by molar-refractivity contribution is 8.00. The molecular formula is C19H14ClN2O4S-. The minimum absolute atomic E-state index is 0.0593. The van der Waals surface area contributed by atoms with Crippen LogP contribution >= 0.6 is 23.4 Å². The van der Waals surface area contributed by atoms with Gasteiger partial charge in [0.05, 0.1) is 10.7 Å². The van der Waals surface area contributed by atoms with Crippen LogP contribution in [0.3, 0.4) is 0 Å². The van der Waals surface area contributed by atoms with E-state index in [9.17, 15) is 20.0 Å². The molecule has 138 valence electrons. The summed E-state index contributed by atoms with van der Waals surface area (Å²) in [5.41, 5.74) is -0.00521. The number of nitrogens with zero attached hydrogens (tertiary/aromatic N) is 1. The van der Waals surface area contributed by atoms with Gasteiger partial charge in [-0.05, 0) is 23.1 Å². The Morgan fingerprint density at radius 1 is 1.15 bits per heavy atom. The quantitative estimate of drug-likeness (QED) is 0.384. The number of rotatable bonds is 6. The van der Waals surface area contributed by atoms with Crippen molar-refractivity contribution in [1.82, 2.24) is 5.32 Å². The molecule has 0 saturated carbocycles. The third-order valence-corrected chi connectivity index (χ3v) is 5.28. The van der Waals surface area contributed by atoms with E-state index in [1.807, 2.05) is 30.3 Å². The average molecular weight is 402 g/mol. The fourth-order valence-corrected chi connectivity index (χ4v) is 3.86. The molecule has 0 unspecified atom stereocenters. The molecule has 3 aromatic rings. The lowest BCUT2D eigenvalue weighted by atomic mass is 10.1. The number of benzene rings is 3. The zero-order chi connectivity index (χ0) is 19.4. The number of carbonyl (C=O) groups is 1. The molecule has 3 aromatic carbocycles. The number of nitro benzene ring substituents is 1. The Morgan fingerprint density at radius 2 is 1.89 bits per heavy atom. The van der Waals surface area contributed by atoms with Crippen LogP contribution in [0.2, 0.25) is 5.02 Å². The predicted octanol–water partition coefficient (Wildman–Crippen LogP) is 3.88. The van der Waals surface area contributed by atoms with Crippen LogP contribution in [0.1, 0.15) is 5.56 Å². The summed E-state index contributed by atoms with van der Waals surface area (Å²) in [4.78, 5) is 23.2. The lowest BCUT2D eigenvalue weighted by Crippen LogP contribution is -2.25. The summed E-state index contributed by atoms with van der Waals surface area (Å²) in [5.74, 6) is -0.502. The molecule has 0 spiro atoms. The number of hydrogen-bond donors (Lipinski definition) is 1. The molecule has 6 nitrogen and oxygen atoms in total. The van der Waals surface area contributed by atoms with Crippen LogP contribution in [0.25, 0.3) is 10.8 Å². The van der Waals surface area contributed by atoms with E-state index in [4.69, 9.17) is 11.6 Å². The molecular weight excluding hydrogens is 388 g/mol. The van der Waals surface area contributed by atoms with Crippen molar-refractivity contribution in [2.24, 2.45) is 0 Å². The van der Waals surface area contributed by atoms with Gasteiger partial charge >= 0.3 is 0 Å². The number of carbonyl (C=O) groups excluding carboxylic acids is 1. The molecule has 0 fully saturated rings. The van der Waals surface area contributed by atoms with E-state index in [-0.39, 0.29) is 35.2 Å². The lowest BCUT2D eigenvalue weighted by molar-refractivity contribution is -0.385. The summed E-state index contributed by atoms with van der Waals surface area (Å²) >= 11 is 7.61. The molecule has 1 N–H and O–H groups in total. The Labute approximate surface area is 164 Å². The van der Waals surface area contributed by atoms with Crippen LogP contribution < -0.4 is 10.4 Å². The van der Waals surface area contributed by atoms with Gasteiger partial charge in [0, 0.05) is 34.0 Å². The SMILES string of the molecule is O=C(CSc1cccc2cccc(Cl)c12)NCc1cc([N+](=O)[O-])ccc1[O-].